The van der Waals surface area contributed by atoms with E-state index in [4.69, 9.17) is 4.74 Å². The number of nitro groups is 1. The molecule has 22 heavy (non-hydrogen) atoms. The third kappa shape index (κ3) is 3.41. The number of benzene rings is 2. The molecule has 0 bridgehead atoms. The molecule has 6 heteroatoms. The maximum Gasteiger partial charge on any atom is 0.274 e. The van der Waals surface area contributed by atoms with E-state index in [1.54, 1.807) is 43.3 Å². The van der Waals surface area contributed by atoms with Crippen LogP contribution in [0, 0.1) is 17.0 Å². The fraction of sp³-hybridized carbons (Fsp3) is 0.188. The number of para-hydroxylation sites is 1. The molecule has 0 saturated heterocycles. The normalized spacial score (nSPS) is 10.1. The Bertz CT molecular complexity index is 713. The van der Waals surface area contributed by atoms with Gasteiger partial charge >= 0.3 is 0 Å². The van der Waals surface area contributed by atoms with Crippen LogP contribution in [-0.4, -0.2) is 17.4 Å². The smallest absolute Gasteiger partial charge is 0.274 e. The number of hydrogen-bond donors (Lipinski definition) is 1. The van der Waals surface area contributed by atoms with Crippen molar-refractivity contribution in [1.82, 2.24) is 0 Å². The fourth-order valence-electron chi connectivity index (χ4n) is 2.02. The summed E-state index contributed by atoms with van der Waals surface area (Å²) in [4.78, 5) is 22.8. The fourth-order valence-corrected chi connectivity index (χ4v) is 2.02. The van der Waals surface area contributed by atoms with Gasteiger partial charge in [0.05, 0.1) is 17.1 Å². The highest BCUT2D eigenvalue weighted by Gasteiger charge is 2.15. The van der Waals surface area contributed by atoms with Gasteiger partial charge in [-0.1, -0.05) is 18.2 Å². The molecule has 114 valence electrons. The lowest BCUT2D eigenvalue weighted by atomic mass is 10.1. The third-order valence-electron chi connectivity index (χ3n) is 3.10. The van der Waals surface area contributed by atoms with Crippen molar-refractivity contribution in [3.05, 3.63) is 63.7 Å². The maximum absolute atomic E-state index is 12.3. The second-order valence-electron chi connectivity index (χ2n) is 4.64. The summed E-state index contributed by atoms with van der Waals surface area (Å²) in [7, 11) is 0. The SMILES string of the molecule is CCOc1ccccc1C(=O)Nc1ccc(C)c([N+](=O)[O-])c1. The van der Waals surface area contributed by atoms with Crippen molar-refractivity contribution in [3.63, 3.8) is 0 Å². The van der Waals surface area contributed by atoms with Gasteiger partial charge in [0.25, 0.3) is 11.6 Å². The van der Waals surface area contributed by atoms with Gasteiger partial charge < -0.3 is 10.1 Å². The Balaban J connectivity index is 2.26. The predicted octanol–water partition coefficient (Wildman–Crippen LogP) is 3.55. The summed E-state index contributed by atoms with van der Waals surface area (Å²) < 4.78 is 5.41. The number of nitrogens with zero attached hydrogens (tertiary/aromatic N) is 1. The first-order valence-electron chi connectivity index (χ1n) is 6.81. The standard InChI is InChI=1S/C16H16N2O4/c1-3-22-15-7-5-4-6-13(15)16(19)17-12-9-8-11(2)14(10-12)18(20)21/h4-10H,3H2,1-2H3,(H,17,19). The molecule has 0 heterocycles. The summed E-state index contributed by atoms with van der Waals surface area (Å²) in [5.41, 5.74) is 1.26. The molecular weight excluding hydrogens is 284 g/mol. The lowest BCUT2D eigenvalue weighted by Crippen LogP contribution is -2.13. The zero-order chi connectivity index (χ0) is 16.1. The van der Waals surface area contributed by atoms with Crippen molar-refractivity contribution in [1.29, 1.82) is 0 Å². The van der Waals surface area contributed by atoms with Crippen LogP contribution in [0.4, 0.5) is 11.4 Å². The van der Waals surface area contributed by atoms with Crippen LogP contribution in [0.1, 0.15) is 22.8 Å². The van der Waals surface area contributed by atoms with Crippen LogP contribution >= 0.6 is 0 Å². The first-order chi connectivity index (χ1) is 10.5. The largest absolute Gasteiger partial charge is 0.493 e. The monoisotopic (exact) mass is 300 g/mol. The number of carbonyl (C=O) groups is 1. The third-order valence-corrected chi connectivity index (χ3v) is 3.10. The number of nitrogens with one attached hydrogen (secondary N) is 1. The summed E-state index contributed by atoms with van der Waals surface area (Å²) in [6, 6.07) is 11.4. The van der Waals surface area contributed by atoms with E-state index in [1.807, 2.05) is 6.92 Å². The van der Waals surface area contributed by atoms with Crippen LogP contribution in [0.2, 0.25) is 0 Å². The second kappa shape index (κ2) is 6.71. The minimum absolute atomic E-state index is 0.0316. The number of nitro benzene ring substituents is 1. The van der Waals surface area contributed by atoms with E-state index in [0.29, 0.717) is 29.2 Å². The van der Waals surface area contributed by atoms with Gasteiger partial charge in [-0.15, -0.1) is 0 Å². The number of anilines is 1. The molecule has 0 aliphatic heterocycles. The van der Waals surface area contributed by atoms with Crippen molar-refractivity contribution >= 4 is 17.3 Å². The Kier molecular flexibility index (Phi) is 4.73. The maximum atomic E-state index is 12.3. The number of amides is 1. The van der Waals surface area contributed by atoms with Crippen LogP contribution in [0.15, 0.2) is 42.5 Å². The summed E-state index contributed by atoms with van der Waals surface area (Å²) in [6.45, 7) is 3.92. The van der Waals surface area contributed by atoms with Crippen LogP contribution < -0.4 is 10.1 Å². The van der Waals surface area contributed by atoms with Crippen molar-refractivity contribution in [2.45, 2.75) is 13.8 Å². The summed E-state index contributed by atoms with van der Waals surface area (Å²) in [5.74, 6) is 0.103. The van der Waals surface area contributed by atoms with Gasteiger partial charge in [0.15, 0.2) is 0 Å². The molecule has 0 unspecified atom stereocenters. The van der Waals surface area contributed by atoms with Crippen LogP contribution in [0.5, 0.6) is 5.75 Å². The molecular formula is C16H16N2O4. The molecule has 0 aromatic heterocycles. The van der Waals surface area contributed by atoms with Gasteiger partial charge in [0.2, 0.25) is 0 Å². The lowest BCUT2D eigenvalue weighted by molar-refractivity contribution is -0.385. The van der Waals surface area contributed by atoms with E-state index in [2.05, 4.69) is 5.32 Å². The quantitative estimate of drug-likeness (QED) is 0.676. The van der Waals surface area contributed by atoms with E-state index in [-0.39, 0.29) is 11.6 Å². The van der Waals surface area contributed by atoms with Gasteiger partial charge in [0.1, 0.15) is 5.75 Å². The summed E-state index contributed by atoms with van der Waals surface area (Å²) in [6.07, 6.45) is 0. The highest BCUT2D eigenvalue weighted by atomic mass is 16.6. The van der Waals surface area contributed by atoms with E-state index in [1.165, 1.54) is 6.07 Å². The van der Waals surface area contributed by atoms with Gasteiger partial charge in [-0.05, 0) is 32.0 Å². The van der Waals surface area contributed by atoms with Gasteiger partial charge in [0, 0.05) is 17.3 Å². The minimum Gasteiger partial charge on any atom is -0.493 e. The number of hydrogen-bond acceptors (Lipinski definition) is 4. The number of carbonyl (C=O) groups excluding carboxylic acids is 1. The number of aryl methyl sites for hydroxylation is 1. The predicted molar refractivity (Wildman–Crippen MR) is 83.4 cm³/mol. The van der Waals surface area contributed by atoms with E-state index in [9.17, 15) is 14.9 Å². The Morgan fingerprint density at radius 3 is 2.68 bits per heavy atom. The average molecular weight is 300 g/mol. The second-order valence-corrected chi connectivity index (χ2v) is 4.64. The first kappa shape index (κ1) is 15.5. The van der Waals surface area contributed by atoms with Crippen LogP contribution in [-0.2, 0) is 0 Å². The highest BCUT2D eigenvalue weighted by Crippen LogP contribution is 2.24. The number of rotatable bonds is 5. The lowest BCUT2D eigenvalue weighted by Gasteiger charge is -2.10. The van der Waals surface area contributed by atoms with E-state index >= 15 is 0 Å². The Labute approximate surface area is 127 Å². The molecule has 2 rings (SSSR count). The van der Waals surface area contributed by atoms with Gasteiger partial charge in [-0.2, -0.15) is 0 Å². The molecule has 0 aliphatic rings. The molecule has 2 aromatic rings. The summed E-state index contributed by atoms with van der Waals surface area (Å²) >= 11 is 0. The Morgan fingerprint density at radius 1 is 1.27 bits per heavy atom. The molecule has 0 saturated carbocycles. The Hall–Kier alpha value is -2.89. The van der Waals surface area contributed by atoms with Crippen molar-refractivity contribution < 1.29 is 14.5 Å². The van der Waals surface area contributed by atoms with Crippen LogP contribution in [0.3, 0.4) is 0 Å². The van der Waals surface area contributed by atoms with Gasteiger partial charge in [-0.25, -0.2) is 0 Å². The molecule has 2 aromatic carbocycles. The molecule has 1 N–H and O–H groups in total. The number of ether oxygens (including phenoxy) is 1. The molecule has 0 atom stereocenters. The topological polar surface area (TPSA) is 81.5 Å². The molecule has 0 fully saturated rings. The van der Waals surface area contributed by atoms with Crippen molar-refractivity contribution in [2.24, 2.45) is 0 Å². The van der Waals surface area contributed by atoms with Crippen molar-refractivity contribution in [2.75, 3.05) is 11.9 Å². The molecule has 6 nitrogen and oxygen atoms in total. The molecule has 0 spiro atoms. The highest BCUT2D eigenvalue weighted by molar-refractivity contribution is 6.06. The van der Waals surface area contributed by atoms with E-state index in [0.717, 1.165) is 0 Å². The zero-order valence-electron chi connectivity index (χ0n) is 12.3. The van der Waals surface area contributed by atoms with Crippen LogP contribution in [0.25, 0.3) is 0 Å². The first-order valence-corrected chi connectivity index (χ1v) is 6.81. The molecule has 1 amide bonds. The summed E-state index contributed by atoms with van der Waals surface area (Å²) in [5, 5.41) is 13.6. The van der Waals surface area contributed by atoms with Gasteiger partial charge in [-0.3, -0.25) is 14.9 Å². The van der Waals surface area contributed by atoms with E-state index < -0.39 is 4.92 Å². The average Bonchev–Trinajstić information content (AvgIpc) is 2.49. The zero-order valence-corrected chi connectivity index (χ0v) is 12.3. The Morgan fingerprint density at radius 2 is 2.00 bits per heavy atom. The molecule has 0 radical (unpaired) electrons. The van der Waals surface area contributed by atoms with Crippen molar-refractivity contribution in [3.8, 4) is 5.75 Å². The minimum atomic E-state index is -0.473. The molecule has 0 aliphatic carbocycles.